The predicted octanol–water partition coefficient (Wildman–Crippen LogP) is 6.91. The SMILES string of the molecule is O=C1CCC(N2Cc3c(NCCCCCCn4cc(CCN5CCC(CNC(=O)c6cccc(-c7noc(C(F)(F)F)n7)c6)(c6nc(-c7ccccc7)cs6)CC5)nn4)cccc3C2=O)C(=O)N1. The fourth-order valence-corrected chi connectivity index (χ4v) is 10.2. The summed E-state index contributed by atoms with van der Waals surface area (Å²) in [6, 6.07) is 21.1. The number of fused-ring (bicyclic) bond motifs is 1. The number of thiazole rings is 1. The Hall–Kier alpha value is -6.80. The fourth-order valence-electron chi connectivity index (χ4n) is 9.10. The highest BCUT2D eigenvalue weighted by molar-refractivity contribution is 7.10. The highest BCUT2D eigenvalue weighted by Crippen LogP contribution is 2.39. The van der Waals surface area contributed by atoms with Gasteiger partial charge < -0.3 is 25.0 Å². The zero-order valence-electron chi connectivity index (χ0n) is 37.1. The van der Waals surface area contributed by atoms with Crippen LogP contribution in [0.4, 0.5) is 18.9 Å². The molecule has 20 heteroatoms. The molecule has 4 amide bonds. The van der Waals surface area contributed by atoms with Crippen molar-refractivity contribution in [3.8, 4) is 22.6 Å². The largest absolute Gasteiger partial charge is 0.471 e. The first-order chi connectivity index (χ1) is 32.9. The van der Waals surface area contributed by atoms with E-state index in [0.29, 0.717) is 25.1 Å². The monoisotopic (exact) mass is 949 g/mol. The summed E-state index contributed by atoms with van der Waals surface area (Å²) in [7, 11) is 0. The second-order valence-corrected chi connectivity index (χ2v) is 18.4. The number of hydrogen-bond donors (Lipinski definition) is 3. The van der Waals surface area contributed by atoms with Gasteiger partial charge in [0.15, 0.2) is 0 Å². The van der Waals surface area contributed by atoms with Crippen molar-refractivity contribution >= 4 is 40.7 Å². The maximum absolute atomic E-state index is 13.6. The molecule has 354 valence electrons. The van der Waals surface area contributed by atoms with E-state index < -0.39 is 29.4 Å². The summed E-state index contributed by atoms with van der Waals surface area (Å²) in [5.41, 5.74) is 5.22. The molecule has 16 nitrogen and oxygen atoms in total. The lowest BCUT2D eigenvalue weighted by Crippen LogP contribution is -2.52. The maximum atomic E-state index is 13.6. The normalized spacial score (nSPS) is 17.3. The Morgan fingerprint density at radius 2 is 1.72 bits per heavy atom. The van der Waals surface area contributed by atoms with Gasteiger partial charge in [0.2, 0.25) is 17.6 Å². The Labute approximate surface area is 393 Å². The summed E-state index contributed by atoms with van der Waals surface area (Å²) in [4.78, 5) is 63.4. The summed E-state index contributed by atoms with van der Waals surface area (Å²) < 4.78 is 45.6. The van der Waals surface area contributed by atoms with Gasteiger partial charge in [0.1, 0.15) is 11.0 Å². The third-order valence-electron chi connectivity index (χ3n) is 13.0. The Morgan fingerprint density at radius 3 is 2.51 bits per heavy atom. The van der Waals surface area contributed by atoms with Crippen molar-refractivity contribution in [1.82, 2.24) is 50.6 Å². The number of aryl methyl sites for hydroxylation is 1. The summed E-state index contributed by atoms with van der Waals surface area (Å²) in [6.07, 6.45) is 3.97. The van der Waals surface area contributed by atoms with E-state index in [1.165, 1.54) is 12.1 Å². The Morgan fingerprint density at radius 1 is 0.926 bits per heavy atom. The smallest absolute Gasteiger partial charge is 0.385 e. The molecule has 2 fully saturated rings. The number of nitrogens with zero attached hydrogens (tertiary/aromatic N) is 8. The first kappa shape index (κ1) is 46.3. The molecule has 3 aromatic heterocycles. The average molecular weight is 950 g/mol. The van der Waals surface area contributed by atoms with E-state index in [1.807, 2.05) is 58.7 Å². The van der Waals surface area contributed by atoms with E-state index in [-0.39, 0.29) is 41.1 Å². The van der Waals surface area contributed by atoms with Gasteiger partial charge in [-0.1, -0.05) is 71.7 Å². The summed E-state index contributed by atoms with van der Waals surface area (Å²) in [6.45, 7) is 4.53. The van der Waals surface area contributed by atoms with Gasteiger partial charge in [-0.05, 0) is 69.5 Å². The van der Waals surface area contributed by atoms with Crippen molar-refractivity contribution in [2.45, 2.75) is 88.5 Å². The summed E-state index contributed by atoms with van der Waals surface area (Å²) >= 11 is 1.58. The Balaban J connectivity index is 0.733. The number of anilines is 1. The van der Waals surface area contributed by atoms with Crippen LogP contribution in [0.1, 0.15) is 94.2 Å². The van der Waals surface area contributed by atoms with Gasteiger partial charge in [0, 0.05) is 96.1 Å². The zero-order valence-corrected chi connectivity index (χ0v) is 38.0. The van der Waals surface area contributed by atoms with Crippen LogP contribution in [0.3, 0.4) is 0 Å². The van der Waals surface area contributed by atoms with E-state index in [1.54, 1.807) is 34.4 Å². The molecule has 0 saturated carbocycles. The van der Waals surface area contributed by atoms with E-state index in [4.69, 9.17) is 4.98 Å². The van der Waals surface area contributed by atoms with Crippen molar-refractivity contribution in [3.63, 3.8) is 0 Å². The molecule has 0 spiro atoms. The van der Waals surface area contributed by atoms with Crippen LogP contribution in [0.2, 0.25) is 0 Å². The van der Waals surface area contributed by atoms with Gasteiger partial charge in [0.05, 0.1) is 11.4 Å². The van der Waals surface area contributed by atoms with Crippen LogP contribution in [0.5, 0.6) is 0 Å². The van der Waals surface area contributed by atoms with E-state index in [0.717, 1.165) is 111 Å². The number of carbonyl (C=O) groups excluding carboxylic acids is 4. The molecule has 6 heterocycles. The molecule has 3 aliphatic heterocycles. The molecule has 68 heavy (non-hydrogen) atoms. The number of piperidine rings is 2. The fraction of sp³-hybridized carbons (Fsp3) is 0.396. The highest BCUT2D eigenvalue weighted by atomic mass is 32.1. The molecular weight excluding hydrogens is 900 g/mol. The Bertz CT molecular complexity index is 2770. The number of benzene rings is 3. The quantitative estimate of drug-likeness (QED) is 0.0597. The maximum Gasteiger partial charge on any atom is 0.471 e. The van der Waals surface area contributed by atoms with Gasteiger partial charge in [-0.2, -0.15) is 18.2 Å². The van der Waals surface area contributed by atoms with Crippen LogP contribution >= 0.6 is 11.3 Å². The topological polar surface area (TPSA) is 193 Å². The Kier molecular flexibility index (Phi) is 13.8. The predicted molar refractivity (Wildman–Crippen MR) is 245 cm³/mol. The summed E-state index contributed by atoms with van der Waals surface area (Å²) in [5, 5.41) is 24.3. The standard InChI is InChI=1S/C48H50F3N11O5S/c49-48(50,51)45-56-41(58-67-45)32-12-8-13-33(26-32)42(64)53-30-47(46-54-38(29-68-46)31-10-4-3-5-11-31)19-24-60(25-20-47)23-18-34-27-61(59-57-34)22-7-2-1-6-21-52-37-15-9-14-35-36(37)28-62(44(35)66)39-16-17-40(63)55-43(39)65/h3-5,8-15,26-27,29,39,52H,1-2,6-7,16-25,28,30H2,(H,53,64)(H,55,63,65). The van der Waals surface area contributed by atoms with Crippen LogP contribution in [0.15, 0.2) is 88.9 Å². The molecule has 9 rings (SSSR count). The number of carbonyl (C=O) groups is 4. The number of likely N-dealkylation sites (tertiary alicyclic amines) is 1. The first-order valence-electron chi connectivity index (χ1n) is 22.9. The third kappa shape index (κ3) is 10.5. The molecule has 0 aliphatic carbocycles. The lowest BCUT2D eigenvalue weighted by atomic mass is 9.78. The van der Waals surface area contributed by atoms with Crippen molar-refractivity contribution < 1.29 is 36.9 Å². The van der Waals surface area contributed by atoms with Crippen molar-refractivity contribution in [2.24, 2.45) is 0 Å². The van der Waals surface area contributed by atoms with Crippen molar-refractivity contribution in [1.29, 1.82) is 0 Å². The lowest BCUT2D eigenvalue weighted by molar-refractivity contribution is -0.159. The number of nitrogens with one attached hydrogen (secondary N) is 3. The van der Waals surface area contributed by atoms with Crippen LogP contribution < -0.4 is 16.0 Å². The molecule has 2 saturated heterocycles. The van der Waals surface area contributed by atoms with Crippen molar-refractivity contribution in [2.75, 3.05) is 38.0 Å². The first-order valence-corrected chi connectivity index (χ1v) is 23.7. The van der Waals surface area contributed by atoms with Crippen LogP contribution in [0, 0.1) is 0 Å². The van der Waals surface area contributed by atoms with Gasteiger partial charge in [-0.25, -0.2) is 4.98 Å². The van der Waals surface area contributed by atoms with Gasteiger partial charge in [-0.3, -0.25) is 29.2 Å². The number of halogens is 3. The molecule has 1 atom stereocenters. The lowest BCUT2D eigenvalue weighted by Gasteiger charge is -2.40. The number of alkyl halides is 3. The molecule has 3 aromatic carbocycles. The second-order valence-electron chi connectivity index (χ2n) is 17.5. The number of amides is 4. The minimum absolute atomic E-state index is 0.181. The van der Waals surface area contributed by atoms with E-state index >= 15 is 0 Å². The molecule has 3 aliphatic rings. The second kappa shape index (κ2) is 20.2. The highest BCUT2D eigenvalue weighted by Gasteiger charge is 2.42. The van der Waals surface area contributed by atoms with Gasteiger partial charge in [-0.15, -0.1) is 16.4 Å². The molecule has 0 radical (unpaired) electrons. The molecule has 3 N–H and O–H groups in total. The van der Waals surface area contributed by atoms with Crippen LogP contribution in [0.25, 0.3) is 22.6 Å². The number of aromatic nitrogens is 6. The van der Waals surface area contributed by atoms with Gasteiger partial charge in [0.25, 0.3) is 11.8 Å². The molecule has 6 aromatic rings. The molecular formula is C48H50F3N11O5S. The number of unbranched alkanes of at least 4 members (excludes halogenated alkanes) is 3. The third-order valence-corrected chi connectivity index (χ3v) is 14.0. The molecule has 1 unspecified atom stereocenters. The van der Waals surface area contributed by atoms with Gasteiger partial charge >= 0.3 is 12.1 Å². The molecule has 0 bridgehead atoms. The zero-order chi connectivity index (χ0) is 47.3. The number of imide groups is 1. The van der Waals surface area contributed by atoms with E-state index in [2.05, 4.69) is 45.8 Å². The van der Waals surface area contributed by atoms with Crippen LogP contribution in [-0.4, -0.2) is 102 Å². The van der Waals surface area contributed by atoms with Crippen molar-refractivity contribution in [3.05, 3.63) is 118 Å². The average Bonchev–Trinajstić information content (AvgIpc) is 4.19. The van der Waals surface area contributed by atoms with Crippen LogP contribution in [-0.2, 0) is 40.7 Å². The number of hydrogen-bond acceptors (Lipinski definition) is 13. The minimum atomic E-state index is -4.78. The summed E-state index contributed by atoms with van der Waals surface area (Å²) in [5.74, 6) is -2.99. The van der Waals surface area contributed by atoms with E-state index in [9.17, 15) is 32.3 Å². The minimum Gasteiger partial charge on any atom is -0.385 e. The number of rotatable bonds is 18.